The molecule has 1 aromatic rings. The van der Waals surface area contributed by atoms with Crippen molar-refractivity contribution >= 4 is 71.2 Å². The third kappa shape index (κ3) is 23.0. The van der Waals surface area contributed by atoms with Crippen molar-refractivity contribution in [1.29, 1.82) is 0 Å². The zero-order valence-electron chi connectivity index (χ0n) is 43.1. The molecule has 1 heterocycles. The third-order valence-electron chi connectivity index (χ3n) is 11.8. The first kappa shape index (κ1) is 62.8. The first-order chi connectivity index (χ1) is 35.2. The van der Waals surface area contributed by atoms with Crippen LogP contribution in [-0.4, -0.2) is 149 Å². The van der Waals surface area contributed by atoms with E-state index in [4.69, 9.17) is 27.7 Å². The summed E-state index contributed by atoms with van der Waals surface area (Å²) in [7, 11) is 1.18. The standard InChI is InChI=1S/C49H73N13O13/c1-26(23-27(2)38(75-31(6)63)24-32-13-9-8-10-14-32)17-18-33-28(3)41(66)60-36(46(71)72)19-20-40(65)62(7)30(5)43(68)56-29(4)42(67)59-35(16-12-22-55-49(52)53)45(70)61-37(47(73)74)25-39(64)57-34(44(69)58-33)15-11-21-54-48(50)51/h8-10,13-14,17-18,23,27-29,33-38H,5,11-12,15-16,19-22,24-25H2,1-4,6-7H3,(H,56,68)(H,57,64)(H,58,69)(H,59,67)(H,60,66)(H,61,70)(H,71,72)(H,73,74)(H4,50,51,54)(H4,52,53,55)/b18-17+,26-23+/t27-,28-,29+,33-,34-,35-,36+,37+,38-/m0/s1. The molecule has 0 unspecified atom stereocenters. The van der Waals surface area contributed by atoms with E-state index in [1.54, 1.807) is 13.0 Å². The smallest absolute Gasteiger partial charge is 0.326 e. The Bertz CT molecular complexity index is 2350. The average molecular weight is 1050 g/mol. The zero-order valence-corrected chi connectivity index (χ0v) is 43.1. The Morgan fingerprint density at radius 1 is 0.787 bits per heavy atom. The van der Waals surface area contributed by atoms with Crippen molar-refractivity contribution in [2.45, 2.75) is 128 Å². The quantitative estimate of drug-likeness (QED) is 0.0207. The lowest BCUT2D eigenvalue weighted by Crippen LogP contribution is -2.56. The number of carboxylic acid groups (broad SMARTS) is 2. The minimum absolute atomic E-state index is 0.0124. The molecule has 1 aromatic carbocycles. The van der Waals surface area contributed by atoms with E-state index in [0.29, 0.717) is 12.0 Å². The number of nitrogens with zero attached hydrogens (tertiary/aromatic N) is 3. The number of nitrogens with two attached hydrogens (primary N) is 4. The number of allylic oxidation sites excluding steroid dienone is 2. The van der Waals surface area contributed by atoms with Gasteiger partial charge in [0.2, 0.25) is 35.4 Å². The number of likely N-dealkylation sites (N-methyl/N-ethyl adjacent to an activating group) is 1. The second-order valence-electron chi connectivity index (χ2n) is 18.0. The summed E-state index contributed by atoms with van der Waals surface area (Å²) in [5, 5.41) is 35.0. The van der Waals surface area contributed by atoms with Gasteiger partial charge in [0, 0.05) is 45.8 Å². The monoisotopic (exact) mass is 1050 g/mol. The number of esters is 1. The van der Waals surface area contributed by atoms with E-state index in [1.807, 2.05) is 43.3 Å². The second kappa shape index (κ2) is 31.3. The Hall–Kier alpha value is -8.32. The van der Waals surface area contributed by atoms with Gasteiger partial charge in [-0.15, -0.1) is 0 Å². The summed E-state index contributed by atoms with van der Waals surface area (Å²) in [5.74, 6) is -12.5. The first-order valence-corrected chi connectivity index (χ1v) is 24.1. The van der Waals surface area contributed by atoms with Gasteiger partial charge in [-0.05, 0) is 51.5 Å². The summed E-state index contributed by atoms with van der Waals surface area (Å²) in [6, 6.07) is 0.149. The number of carboxylic acids is 2. The van der Waals surface area contributed by atoms with Crippen LogP contribution < -0.4 is 54.8 Å². The van der Waals surface area contributed by atoms with Gasteiger partial charge in [-0.3, -0.25) is 48.3 Å². The second-order valence-corrected chi connectivity index (χ2v) is 18.0. The molecule has 16 N–H and O–H groups in total. The molecule has 1 aliphatic heterocycles. The average Bonchev–Trinajstić information content (AvgIpc) is 3.33. The largest absolute Gasteiger partial charge is 0.480 e. The van der Waals surface area contributed by atoms with Gasteiger partial charge in [-0.1, -0.05) is 74.6 Å². The minimum Gasteiger partial charge on any atom is -0.480 e. The number of guanidine groups is 2. The van der Waals surface area contributed by atoms with Crippen LogP contribution in [0.25, 0.3) is 0 Å². The molecule has 26 nitrogen and oxygen atoms in total. The minimum atomic E-state index is -1.94. The van der Waals surface area contributed by atoms with Gasteiger partial charge in [-0.25, -0.2) is 9.59 Å². The normalized spacial score (nSPS) is 23.3. The molecule has 1 saturated heterocycles. The number of ether oxygens (including phenoxy) is 1. The van der Waals surface area contributed by atoms with E-state index in [2.05, 4.69) is 48.5 Å². The molecule has 9 atom stereocenters. The topological polar surface area (TPSA) is 425 Å². The maximum Gasteiger partial charge on any atom is 0.326 e. The van der Waals surface area contributed by atoms with Gasteiger partial charge in [-0.2, -0.15) is 0 Å². The highest BCUT2D eigenvalue weighted by atomic mass is 16.5. The molecule has 1 fully saturated rings. The lowest BCUT2D eigenvalue weighted by atomic mass is 9.94. The predicted octanol–water partition coefficient (Wildman–Crippen LogP) is -1.70. The summed E-state index contributed by atoms with van der Waals surface area (Å²) in [5.41, 5.74) is 22.9. The molecule has 0 spiro atoms. The Labute approximate surface area is 435 Å². The molecule has 0 bridgehead atoms. The zero-order chi connectivity index (χ0) is 56.5. The Balaban J connectivity index is 2.73. The molecule has 0 aromatic heterocycles. The van der Waals surface area contributed by atoms with Crippen LogP contribution in [0.15, 0.2) is 76.4 Å². The van der Waals surface area contributed by atoms with Crippen LogP contribution in [0.5, 0.6) is 0 Å². The Morgan fingerprint density at radius 3 is 1.88 bits per heavy atom. The van der Waals surface area contributed by atoms with E-state index in [-0.39, 0.29) is 56.6 Å². The van der Waals surface area contributed by atoms with Gasteiger partial charge in [0.15, 0.2) is 11.9 Å². The maximum absolute atomic E-state index is 14.3. The number of nitrogens with one attached hydrogen (secondary N) is 6. The molecule has 26 heteroatoms. The van der Waals surface area contributed by atoms with E-state index in [1.165, 1.54) is 33.9 Å². The summed E-state index contributed by atoms with van der Waals surface area (Å²) >= 11 is 0. The van der Waals surface area contributed by atoms with E-state index < -0.39 is 132 Å². The number of aliphatic imine (C=N–C) groups is 2. The molecule has 412 valence electrons. The SMILES string of the molecule is C=C1C(=O)N[C@H](C)C(=O)N[C@@H](CCCN=C(N)N)C(=O)N[C@@H](C(=O)O)CC(=O)N[C@@H](CCCN=C(N)N)C(=O)N[C@@H](/C=C/C(C)=C/[C@H](C)[C@H](Cc2ccccc2)OC(C)=O)[C@H](C)C(=O)N[C@@H](C(=O)O)CCC(=O)N1C. The summed E-state index contributed by atoms with van der Waals surface area (Å²) in [6.07, 6.45) is 2.53. The van der Waals surface area contributed by atoms with Crippen molar-refractivity contribution in [3.63, 3.8) is 0 Å². The highest BCUT2D eigenvalue weighted by Gasteiger charge is 2.34. The molecular weight excluding hydrogens is 979 g/mol. The molecule has 0 radical (unpaired) electrons. The Kier molecular flexibility index (Phi) is 26.2. The van der Waals surface area contributed by atoms with Crippen LogP contribution in [0.2, 0.25) is 0 Å². The van der Waals surface area contributed by atoms with Gasteiger partial charge in [0.25, 0.3) is 5.91 Å². The lowest BCUT2D eigenvalue weighted by molar-refractivity contribution is -0.148. The van der Waals surface area contributed by atoms with E-state index in [0.717, 1.165) is 10.5 Å². The first-order valence-electron chi connectivity index (χ1n) is 24.1. The lowest BCUT2D eigenvalue weighted by Gasteiger charge is -2.27. The maximum atomic E-state index is 14.3. The number of carbonyl (C=O) groups excluding carboxylic acids is 8. The van der Waals surface area contributed by atoms with Crippen LogP contribution >= 0.6 is 0 Å². The van der Waals surface area contributed by atoms with Crippen molar-refractivity contribution < 1.29 is 62.9 Å². The van der Waals surface area contributed by atoms with E-state index >= 15 is 0 Å². The highest BCUT2D eigenvalue weighted by molar-refractivity contribution is 6.00. The van der Waals surface area contributed by atoms with Crippen LogP contribution in [0.1, 0.15) is 85.1 Å². The fraction of sp³-hybridized carbons (Fsp3) is 0.510. The fourth-order valence-corrected chi connectivity index (χ4v) is 7.39. The van der Waals surface area contributed by atoms with Gasteiger partial charge in [0.05, 0.1) is 18.4 Å². The number of hydrogen-bond acceptors (Lipinski definition) is 13. The summed E-state index contributed by atoms with van der Waals surface area (Å²) in [4.78, 5) is 142. The number of benzene rings is 1. The van der Waals surface area contributed by atoms with Crippen molar-refractivity contribution in [2.24, 2.45) is 44.8 Å². The number of amides is 7. The van der Waals surface area contributed by atoms with Crippen LogP contribution in [0, 0.1) is 11.8 Å². The third-order valence-corrected chi connectivity index (χ3v) is 11.8. The van der Waals surface area contributed by atoms with Gasteiger partial charge < -0.3 is 74.7 Å². The number of hydrogen-bond donors (Lipinski definition) is 12. The van der Waals surface area contributed by atoms with Crippen molar-refractivity contribution in [3.8, 4) is 0 Å². The van der Waals surface area contributed by atoms with Crippen LogP contribution in [0.4, 0.5) is 0 Å². The Morgan fingerprint density at radius 2 is 1.33 bits per heavy atom. The predicted molar refractivity (Wildman–Crippen MR) is 275 cm³/mol. The van der Waals surface area contributed by atoms with Crippen LogP contribution in [-0.2, 0) is 59.1 Å². The van der Waals surface area contributed by atoms with Gasteiger partial charge in [0.1, 0.15) is 42.0 Å². The number of rotatable bonds is 17. The molecule has 2 rings (SSSR count). The van der Waals surface area contributed by atoms with E-state index in [9.17, 15) is 58.2 Å². The van der Waals surface area contributed by atoms with Crippen molar-refractivity contribution in [1.82, 2.24) is 36.8 Å². The molecule has 75 heavy (non-hydrogen) atoms. The number of carbonyl (C=O) groups is 10. The summed E-state index contributed by atoms with van der Waals surface area (Å²) in [6.45, 7) is 11.1. The molecule has 0 saturated carbocycles. The van der Waals surface area contributed by atoms with Crippen LogP contribution in [0.3, 0.4) is 0 Å². The fourth-order valence-electron chi connectivity index (χ4n) is 7.39. The number of aliphatic carboxylic acids is 2. The van der Waals surface area contributed by atoms with Gasteiger partial charge >= 0.3 is 17.9 Å². The van der Waals surface area contributed by atoms with Crippen molar-refractivity contribution in [2.75, 3.05) is 20.1 Å². The molecule has 0 aliphatic carbocycles. The summed E-state index contributed by atoms with van der Waals surface area (Å²) < 4.78 is 5.67. The van der Waals surface area contributed by atoms with Crippen molar-refractivity contribution in [3.05, 3.63) is 72.0 Å². The highest BCUT2D eigenvalue weighted by Crippen LogP contribution is 2.19. The molecule has 1 aliphatic rings. The molecule has 7 amide bonds. The molecular formula is C49H73N13O13.